The minimum atomic E-state index is 0. The number of piperidine rings is 2. The predicted molar refractivity (Wildman–Crippen MR) is 94.2 cm³/mol. The minimum Gasteiger partial charge on any atom is -0.317 e. The van der Waals surface area contributed by atoms with Crippen LogP contribution < -0.4 is 5.32 Å². The highest BCUT2D eigenvalue weighted by molar-refractivity contribution is 5.85. The van der Waals surface area contributed by atoms with E-state index in [0.29, 0.717) is 5.92 Å². The maximum absolute atomic E-state index is 4.48. The highest BCUT2D eigenvalue weighted by Crippen LogP contribution is 2.27. The molecule has 1 atom stereocenters. The third-order valence-electron chi connectivity index (χ3n) is 5.19. The molecule has 1 N–H and O–H groups in total. The molecule has 0 bridgehead atoms. The highest BCUT2D eigenvalue weighted by Gasteiger charge is 2.27. The summed E-state index contributed by atoms with van der Waals surface area (Å²) in [4.78, 5) is 2.66. The monoisotopic (exact) mass is 335 g/mol. The predicted octanol–water partition coefficient (Wildman–Crippen LogP) is 2.33. The lowest BCUT2D eigenvalue weighted by Crippen LogP contribution is -2.41. The second-order valence-corrected chi connectivity index (χ2v) is 6.78. The third-order valence-corrected chi connectivity index (χ3v) is 5.19. The van der Waals surface area contributed by atoms with E-state index in [2.05, 4.69) is 37.1 Å². The number of nitrogens with one attached hydrogen (secondary N) is 1. The molecule has 0 saturated carbocycles. The molecule has 2 aliphatic rings. The zero-order valence-corrected chi connectivity index (χ0v) is 14.3. The van der Waals surface area contributed by atoms with Gasteiger partial charge in [-0.25, -0.2) is 0 Å². The van der Waals surface area contributed by atoms with Gasteiger partial charge in [0.15, 0.2) is 5.65 Å². The standard InChI is InChI=1S/C17H25N5.ClH/c1-2-11-22-16(5-1)19-20-17(22)15-4-3-10-21(13-15)12-14-6-8-18-9-7-14;/h1-2,5,11,14-15,18H,3-4,6-10,12-13H2;1H. The zero-order valence-electron chi connectivity index (χ0n) is 13.5. The fourth-order valence-corrected chi connectivity index (χ4v) is 4.00. The third kappa shape index (κ3) is 3.67. The molecule has 126 valence electrons. The van der Waals surface area contributed by atoms with Crippen molar-refractivity contribution in [1.82, 2.24) is 24.8 Å². The maximum atomic E-state index is 4.48. The van der Waals surface area contributed by atoms with E-state index >= 15 is 0 Å². The lowest BCUT2D eigenvalue weighted by atomic mass is 9.93. The van der Waals surface area contributed by atoms with Gasteiger partial charge in [-0.3, -0.25) is 4.40 Å². The van der Waals surface area contributed by atoms with Gasteiger partial charge in [-0.2, -0.15) is 0 Å². The van der Waals surface area contributed by atoms with Crippen LogP contribution in [0.5, 0.6) is 0 Å². The van der Waals surface area contributed by atoms with Crippen LogP contribution in [0.3, 0.4) is 0 Å². The molecule has 1 unspecified atom stereocenters. The van der Waals surface area contributed by atoms with E-state index in [4.69, 9.17) is 0 Å². The first-order valence-electron chi connectivity index (χ1n) is 8.63. The van der Waals surface area contributed by atoms with Crippen LogP contribution in [0.15, 0.2) is 24.4 Å². The van der Waals surface area contributed by atoms with Gasteiger partial charge in [-0.1, -0.05) is 6.07 Å². The van der Waals surface area contributed by atoms with Gasteiger partial charge >= 0.3 is 0 Å². The highest BCUT2D eigenvalue weighted by atomic mass is 35.5. The van der Waals surface area contributed by atoms with Crippen LogP contribution in [0.4, 0.5) is 0 Å². The largest absolute Gasteiger partial charge is 0.317 e. The summed E-state index contributed by atoms with van der Waals surface area (Å²) >= 11 is 0. The van der Waals surface area contributed by atoms with Crippen LogP contribution in [0, 0.1) is 5.92 Å². The molecule has 6 heteroatoms. The lowest BCUT2D eigenvalue weighted by Gasteiger charge is -2.35. The normalized spacial score (nSPS) is 23.7. The Labute approximate surface area is 143 Å². The Balaban J connectivity index is 0.00000156. The van der Waals surface area contributed by atoms with Crippen molar-refractivity contribution in [3.05, 3.63) is 30.2 Å². The van der Waals surface area contributed by atoms with Crippen LogP contribution in [-0.4, -0.2) is 52.2 Å². The topological polar surface area (TPSA) is 45.5 Å². The molecule has 5 nitrogen and oxygen atoms in total. The summed E-state index contributed by atoms with van der Waals surface area (Å²) in [7, 11) is 0. The average Bonchev–Trinajstić information content (AvgIpc) is 3.00. The van der Waals surface area contributed by atoms with Gasteiger partial charge in [0.1, 0.15) is 5.82 Å². The Morgan fingerprint density at radius 2 is 2.00 bits per heavy atom. The van der Waals surface area contributed by atoms with Crippen molar-refractivity contribution in [2.75, 3.05) is 32.7 Å². The van der Waals surface area contributed by atoms with Gasteiger partial charge in [-0.05, 0) is 63.4 Å². The first-order chi connectivity index (χ1) is 10.9. The Hall–Kier alpha value is -1.17. The fraction of sp³-hybridized carbons (Fsp3) is 0.647. The van der Waals surface area contributed by atoms with Crippen LogP contribution in [0.1, 0.15) is 37.4 Å². The number of nitrogens with zero attached hydrogens (tertiary/aromatic N) is 4. The van der Waals surface area contributed by atoms with Gasteiger partial charge in [0.25, 0.3) is 0 Å². The first-order valence-corrected chi connectivity index (χ1v) is 8.63. The number of likely N-dealkylation sites (tertiary alicyclic amines) is 1. The molecule has 0 spiro atoms. The van der Waals surface area contributed by atoms with Crippen LogP contribution in [-0.2, 0) is 0 Å². The fourth-order valence-electron chi connectivity index (χ4n) is 4.00. The van der Waals surface area contributed by atoms with Crippen LogP contribution >= 0.6 is 12.4 Å². The molecule has 0 aromatic carbocycles. The Morgan fingerprint density at radius 1 is 1.13 bits per heavy atom. The summed E-state index contributed by atoms with van der Waals surface area (Å²) in [6, 6.07) is 6.12. The van der Waals surface area contributed by atoms with Crippen LogP contribution in [0.2, 0.25) is 0 Å². The Bertz CT molecular complexity index is 622. The second kappa shape index (κ2) is 7.60. The lowest BCUT2D eigenvalue weighted by molar-refractivity contribution is 0.161. The molecule has 2 aromatic heterocycles. The number of fused-ring (bicyclic) bond motifs is 1. The summed E-state index contributed by atoms with van der Waals surface area (Å²) in [6.07, 6.45) is 7.26. The van der Waals surface area contributed by atoms with Gasteiger partial charge in [0, 0.05) is 25.2 Å². The van der Waals surface area contributed by atoms with Crippen molar-refractivity contribution in [2.45, 2.75) is 31.6 Å². The van der Waals surface area contributed by atoms with Crippen molar-refractivity contribution < 1.29 is 0 Å². The molecular weight excluding hydrogens is 310 g/mol. The van der Waals surface area contributed by atoms with Crippen molar-refractivity contribution in [3.63, 3.8) is 0 Å². The maximum Gasteiger partial charge on any atom is 0.160 e. The summed E-state index contributed by atoms with van der Waals surface area (Å²) < 4.78 is 2.17. The number of hydrogen-bond donors (Lipinski definition) is 1. The van der Waals surface area contributed by atoms with E-state index < -0.39 is 0 Å². The van der Waals surface area contributed by atoms with Gasteiger partial charge in [0.05, 0.1) is 0 Å². The molecule has 2 aromatic rings. The number of pyridine rings is 1. The van der Waals surface area contributed by atoms with E-state index in [9.17, 15) is 0 Å². The molecule has 4 rings (SSSR count). The number of hydrogen-bond acceptors (Lipinski definition) is 4. The van der Waals surface area contributed by atoms with E-state index in [-0.39, 0.29) is 12.4 Å². The van der Waals surface area contributed by atoms with E-state index in [0.717, 1.165) is 23.9 Å². The molecule has 2 fully saturated rings. The van der Waals surface area contributed by atoms with Crippen molar-refractivity contribution in [1.29, 1.82) is 0 Å². The Kier molecular flexibility index (Phi) is 5.51. The molecule has 4 heterocycles. The van der Waals surface area contributed by atoms with E-state index in [1.54, 1.807) is 0 Å². The number of rotatable bonds is 3. The SMILES string of the molecule is Cl.c1ccn2c(C3CCCN(CC4CCNCC4)C3)nnc2c1. The molecular formula is C17H26ClN5. The molecule has 0 amide bonds. The Morgan fingerprint density at radius 3 is 2.87 bits per heavy atom. The van der Waals surface area contributed by atoms with Crippen molar-refractivity contribution in [3.8, 4) is 0 Å². The minimum absolute atomic E-state index is 0. The molecule has 0 aliphatic carbocycles. The zero-order chi connectivity index (χ0) is 14.8. The van der Waals surface area contributed by atoms with Crippen molar-refractivity contribution in [2.24, 2.45) is 5.92 Å². The van der Waals surface area contributed by atoms with E-state index in [1.165, 1.54) is 51.9 Å². The summed E-state index contributed by atoms with van der Waals surface area (Å²) in [5.74, 6) is 2.54. The van der Waals surface area contributed by atoms with Crippen molar-refractivity contribution >= 4 is 18.1 Å². The van der Waals surface area contributed by atoms with Gasteiger partial charge < -0.3 is 10.2 Å². The summed E-state index contributed by atoms with van der Waals surface area (Å²) in [5, 5.41) is 12.3. The number of aromatic nitrogens is 3. The molecule has 23 heavy (non-hydrogen) atoms. The first kappa shape index (κ1) is 16.7. The average molecular weight is 336 g/mol. The summed E-state index contributed by atoms with van der Waals surface area (Å²) in [5.41, 5.74) is 0.966. The number of halogens is 1. The quantitative estimate of drug-likeness (QED) is 0.935. The van der Waals surface area contributed by atoms with Gasteiger partial charge in [0.2, 0.25) is 0 Å². The molecule has 0 radical (unpaired) electrons. The molecule has 2 saturated heterocycles. The summed E-state index contributed by atoms with van der Waals surface area (Å²) in [6.45, 7) is 6.03. The van der Waals surface area contributed by atoms with Gasteiger partial charge in [-0.15, -0.1) is 22.6 Å². The second-order valence-electron chi connectivity index (χ2n) is 6.78. The molecule has 2 aliphatic heterocycles. The van der Waals surface area contributed by atoms with Crippen LogP contribution in [0.25, 0.3) is 5.65 Å². The van der Waals surface area contributed by atoms with E-state index in [1.807, 2.05) is 12.1 Å². The smallest absolute Gasteiger partial charge is 0.160 e.